The first-order valence-corrected chi connectivity index (χ1v) is 7.21. The van der Waals surface area contributed by atoms with Gasteiger partial charge in [0.05, 0.1) is 24.0 Å². The fourth-order valence-corrected chi connectivity index (χ4v) is 2.57. The lowest BCUT2D eigenvalue weighted by Crippen LogP contribution is -2.26. The van der Waals surface area contributed by atoms with Gasteiger partial charge in [-0.25, -0.2) is 4.68 Å². The third-order valence-corrected chi connectivity index (χ3v) is 3.83. The van der Waals surface area contributed by atoms with Crippen LogP contribution in [0.25, 0.3) is 0 Å². The van der Waals surface area contributed by atoms with Gasteiger partial charge in [0.25, 0.3) is 5.56 Å². The maximum atomic E-state index is 12.1. The normalized spacial score (nSPS) is 16.7. The van der Waals surface area contributed by atoms with Gasteiger partial charge in [-0.1, -0.05) is 29.8 Å². The van der Waals surface area contributed by atoms with Crippen LogP contribution in [0, 0.1) is 0 Å². The van der Waals surface area contributed by atoms with Gasteiger partial charge in [-0.2, -0.15) is 5.10 Å². The summed E-state index contributed by atoms with van der Waals surface area (Å²) in [6, 6.07) is 7.75. The summed E-state index contributed by atoms with van der Waals surface area (Å²) >= 11 is 6.17. The Morgan fingerprint density at radius 2 is 2.19 bits per heavy atom. The standard InChI is InChI=1S/C15H16ClN3O2/c1-9(2)19-15(20)14(16)11(7-17-19)18-12-8-21-13-6-4-3-5-10(12)13/h3-7,9,12,18H,8H2,1-2H3. The molecule has 2 heterocycles. The number of benzene rings is 1. The van der Waals surface area contributed by atoms with E-state index in [2.05, 4.69) is 10.4 Å². The number of aromatic nitrogens is 2. The zero-order chi connectivity index (χ0) is 15.0. The van der Waals surface area contributed by atoms with Crippen LogP contribution in [0.4, 0.5) is 5.69 Å². The van der Waals surface area contributed by atoms with Crippen LogP contribution in [0.1, 0.15) is 31.5 Å². The van der Waals surface area contributed by atoms with E-state index in [0.717, 1.165) is 11.3 Å². The van der Waals surface area contributed by atoms with Gasteiger partial charge in [0.15, 0.2) is 0 Å². The first kappa shape index (κ1) is 13.9. The number of para-hydroxylation sites is 1. The molecule has 1 aromatic carbocycles. The van der Waals surface area contributed by atoms with Crippen molar-refractivity contribution in [1.82, 2.24) is 9.78 Å². The Hall–Kier alpha value is -2.01. The van der Waals surface area contributed by atoms with Crippen molar-refractivity contribution < 1.29 is 4.74 Å². The van der Waals surface area contributed by atoms with E-state index in [1.807, 2.05) is 38.1 Å². The highest BCUT2D eigenvalue weighted by Crippen LogP contribution is 2.34. The molecule has 0 aliphatic carbocycles. The number of fused-ring (bicyclic) bond motifs is 1. The minimum absolute atomic E-state index is 0.0282. The second kappa shape index (κ2) is 5.41. The highest BCUT2D eigenvalue weighted by Gasteiger charge is 2.24. The van der Waals surface area contributed by atoms with E-state index in [0.29, 0.717) is 12.3 Å². The maximum Gasteiger partial charge on any atom is 0.287 e. The molecule has 1 atom stereocenters. The van der Waals surface area contributed by atoms with Crippen molar-refractivity contribution in [1.29, 1.82) is 0 Å². The zero-order valence-corrected chi connectivity index (χ0v) is 12.6. The number of rotatable bonds is 3. The summed E-state index contributed by atoms with van der Waals surface area (Å²) in [6.07, 6.45) is 1.59. The predicted molar refractivity (Wildman–Crippen MR) is 82.2 cm³/mol. The molecule has 1 aliphatic heterocycles. The molecule has 1 aliphatic rings. The molecule has 21 heavy (non-hydrogen) atoms. The number of ether oxygens (including phenoxy) is 1. The largest absolute Gasteiger partial charge is 0.491 e. The van der Waals surface area contributed by atoms with Gasteiger partial charge in [-0.3, -0.25) is 4.79 Å². The van der Waals surface area contributed by atoms with Crippen molar-refractivity contribution in [2.24, 2.45) is 0 Å². The second-order valence-corrected chi connectivity index (χ2v) is 5.64. The van der Waals surface area contributed by atoms with Crippen LogP contribution in [-0.4, -0.2) is 16.4 Å². The van der Waals surface area contributed by atoms with Crippen molar-refractivity contribution in [3.05, 3.63) is 51.4 Å². The summed E-state index contributed by atoms with van der Waals surface area (Å²) in [5, 5.41) is 7.55. The van der Waals surface area contributed by atoms with E-state index < -0.39 is 0 Å². The van der Waals surface area contributed by atoms with E-state index in [1.54, 1.807) is 6.20 Å². The fraction of sp³-hybridized carbons (Fsp3) is 0.333. The number of hydrogen-bond acceptors (Lipinski definition) is 4. The van der Waals surface area contributed by atoms with Gasteiger partial charge in [0, 0.05) is 5.56 Å². The van der Waals surface area contributed by atoms with Crippen molar-refractivity contribution in [3.8, 4) is 5.75 Å². The van der Waals surface area contributed by atoms with Gasteiger partial charge in [0.2, 0.25) is 0 Å². The Morgan fingerprint density at radius 3 is 2.95 bits per heavy atom. The summed E-state index contributed by atoms with van der Waals surface area (Å²) < 4.78 is 6.97. The zero-order valence-electron chi connectivity index (χ0n) is 11.8. The number of hydrogen-bond donors (Lipinski definition) is 1. The molecular weight excluding hydrogens is 290 g/mol. The Bertz CT molecular complexity index is 727. The molecular formula is C15H16ClN3O2. The van der Waals surface area contributed by atoms with Crippen molar-refractivity contribution >= 4 is 17.3 Å². The predicted octanol–water partition coefficient (Wildman–Crippen LogP) is 3.02. The molecule has 2 aromatic rings. The molecule has 0 bridgehead atoms. The van der Waals surface area contributed by atoms with E-state index in [9.17, 15) is 4.79 Å². The minimum atomic E-state index is -0.288. The Morgan fingerprint density at radius 1 is 1.43 bits per heavy atom. The Kier molecular flexibility index (Phi) is 3.59. The summed E-state index contributed by atoms with van der Waals surface area (Å²) in [6.45, 7) is 4.28. The molecule has 0 amide bonds. The molecule has 3 rings (SSSR count). The third kappa shape index (κ3) is 2.49. The van der Waals surface area contributed by atoms with E-state index in [-0.39, 0.29) is 22.7 Å². The molecule has 0 fully saturated rings. The molecule has 1 unspecified atom stereocenters. The first-order chi connectivity index (χ1) is 10.1. The number of nitrogens with one attached hydrogen (secondary N) is 1. The van der Waals surface area contributed by atoms with Crippen LogP contribution < -0.4 is 15.6 Å². The van der Waals surface area contributed by atoms with E-state index in [1.165, 1.54) is 4.68 Å². The highest BCUT2D eigenvalue weighted by molar-refractivity contribution is 6.32. The van der Waals surface area contributed by atoms with Gasteiger partial charge >= 0.3 is 0 Å². The van der Waals surface area contributed by atoms with Crippen LogP contribution in [0.5, 0.6) is 5.75 Å². The van der Waals surface area contributed by atoms with Crippen LogP contribution in [-0.2, 0) is 0 Å². The molecule has 5 nitrogen and oxygen atoms in total. The number of nitrogens with zero attached hydrogens (tertiary/aromatic N) is 2. The second-order valence-electron chi connectivity index (χ2n) is 5.26. The molecule has 6 heteroatoms. The lowest BCUT2D eigenvalue weighted by molar-refractivity contribution is 0.339. The SMILES string of the molecule is CC(C)n1ncc(NC2COc3ccccc32)c(Cl)c1=O. The van der Waals surface area contributed by atoms with Gasteiger partial charge < -0.3 is 10.1 Å². The highest BCUT2D eigenvalue weighted by atomic mass is 35.5. The monoisotopic (exact) mass is 305 g/mol. The molecule has 0 saturated heterocycles. The van der Waals surface area contributed by atoms with Crippen LogP contribution in [0.2, 0.25) is 5.02 Å². The van der Waals surface area contributed by atoms with Crippen LogP contribution >= 0.6 is 11.6 Å². The summed E-state index contributed by atoms with van der Waals surface area (Å²) in [7, 11) is 0. The van der Waals surface area contributed by atoms with Gasteiger partial charge in [-0.15, -0.1) is 0 Å². The van der Waals surface area contributed by atoms with Crippen LogP contribution in [0.3, 0.4) is 0 Å². The van der Waals surface area contributed by atoms with Crippen molar-refractivity contribution in [2.45, 2.75) is 25.9 Å². The van der Waals surface area contributed by atoms with E-state index >= 15 is 0 Å². The summed E-state index contributed by atoms with van der Waals surface area (Å²) in [5.74, 6) is 0.856. The van der Waals surface area contributed by atoms with Crippen LogP contribution in [0.15, 0.2) is 35.3 Å². The van der Waals surface area contributed by atoms with Gasteiger partial charge in [-0.05, 0) is 19.9 Å². The minimum Gasteiger partial charge on any atom is -0.491 e. The molecule has 0 saturated carbocycles. The first-order valence-electron chi connectivity index (χ1n) is 6.83. The summed E-state index contributed by atoms with van der Waals surface area (Å²) in [5.41, 5.74) is 1.30. The Labute approximate surface area is 127 Å². The van der Waals surface area contributed by atoms with Gasteiger partial charge in [0.1, 0.15) is 17.4 Å². The lowest BCUT2D eigenvalue weighted by Gasteiger charge is -2.16. The molecule has 0 radical (unpaired) electrons. The maximum absolute atomic E-state index is 12.1. The third-order valence-electron chi connectivity index (χ3n) is 3.46. The fourth-order valence-electron chi connectivity index (χ4n) is 2.38. The lowest BCUT2D eigenvalue weighted by atomic mass is 10.1. The summed E-state index contributed by atoms with van der Waals surface area (Å²) in [4.78, 5) is 12.1. The Balaban J connectivity index is 1.90. The van der Waals surface area contributed by atoms with E-state index in [4.69, 9.17) is 16.3 Å². The quantitative estimate of drug-likeness (QED) is 0.947. The molecule has 110 valence electrons. The van der Waals surface area contributed by atoms with Crippen molar-refractivity contribution in [3.63, 3.8) is 0 Å². The topological polar surface area (TPSA) is 56.1 Å². The average Bonchev–Trinajstić information content (AvgIpc) is 2.87. The average molecular weight is 306 g/mol. The molecule has 1 aromatic heterocycles. The smallest absolute Gasteiger partial charge is 0.287 e. The molecule has 1 N–H and O–H groups in total. The number of anilines is 1. The number of halogens is 1. The molecule has 0 spiro atoms. The van der Waals surface area contributed by atoms with Crippen molar-refractivity contribution in [2.75, 3.05) is 11.9 Å².